The van der Waals surface area contributed by atoms with Gasteiger partial charge < -0.3 is 0 Å². The number of hydrogen-bond donors (Lipinski definition) is 0. The summed E-state index contributed by atoms with van der Waals surface area (Å²) in [5, 5.41) is 0. The van der Waals surface area contributed by atoms with Crippen LogP contribution in [0.4, 0.5) is 0 Å². The van der Waals surface area contributed by atoms with Gasteiger partial charge in [-0.1, -0.05) is 90.5 Å². The molecule has 1 aromatic carbocycles. The molecule has 3 fully saturated rings. The predicted octanol–water partition coefficient (Wildman–Crippen LogP) is 8.64. The van der Waals surface area contributed by atoms with Crippen molar-refractivity contribution in [3.8, 4) is 0 Å². The molecule has 4 aliphatic carbocycles. The summed E-state index contributed by atoms with van der Waals surface area (Å²) in [7, 11) is 0. The highest BCUT2D eigenvalue weighted by atomic mass is 16.1. The lowest BCUT2D eigenvalue weighted by Crippen LogP contribution is -2.36. The summed E-state index contributed by atoms with van der Waals surface area (Å²) in [5.74, 6) is 2.95. The number of benzene rings is 1. The number of fused-ring (bicyclic) bond motifs is 2. The van der Waals surface area contributed by atoms with Gasteiger partial charge in [0.1, 0.15) is 11.6 Å². The Bertz CT molecular complexity index is 1220. The Morgan fingerprint density at radius 2 is 1.57 bits per heavy atom. The van der Waals surface area contributed by atoms with E-state index in [-0.39, 0.29) is 46.6 Å². The Morgan fingerprint density at radius 1 is 0.952 bits per heavy atom. The standard InChI is InChI=1S/C39H54O3/c1-22(2)24(5)16-31(40)20-32(29-18-27-11-9-10-12-28(27)19-29)38(42)33-21-34-36(39(34,7)8)35(33)25(6)15-30(17-26-13-14-26)37(41)23(3)4/h9-12,22,24,26,29-30,32-36H,3,6,13-21H2,1-2,4-5,7-8H3/t24-,30?,32?,33?,34?,35?,36?/m0/s1. The second kappa shape index (κ2) is 12.0. The first-order valence-electron chi connectivity index (χ1n) is 16.8. The van der Waals surface area contributed by atoms with Gasteiger partial charge in [0.15, 0.2) is 5.78 Å². The number of allylic oxidation sites excluding steroid dienone is 2. The molecule has 0 N–H and O–H groups in total. The van der Waals surface area contributed by atoms with Crippen LogP contribution in [0.15, 0.2) is 48.6 Å². The monoisotopic (exact) mass is 570 g/mol. The fourth-order valence-electron chi connectivity index (χ4n) is 8.87. The van der Waals surface area contributed by atoms with E-state index in [1.165, 1.54) is 24.0 Å². The van der Waals surface area contributed by atoms with Gasteiger partial charge in [-0.15, -0.1) is 0 Å². The zero-order valence-corrected chi connectivity index (χ0v) is 27.1. The third-order valence-electron chi connectivity index (χ3n) is 12.1. The summed E-state index contributed by atoms with van der Waals surface area (Å²) in [6, 6.07) is 8.56. The van der Waals surface area contributed by atoms with E-state index >= 15 is 0 Å². The van der Waals surface area contributed by atoms with E-state index in [1.807, 2.05) is 6.92 Å². The van der Waals surface area contributed by atoms with Gasteiger partial charge in [-0.3, -0.25) is 14.4 Å². The van der Waals surface area contributed by atoms with Crippen LogP contribution in [-0.4, -0.2) is 17.3 Å². The molecule has 3 nitrogen and oxygen atoms in total. The summed E-state index contributed by atoms with van der Waals surface area (Å²) < 4.78 is 0. The fraction of sp³-hybridized carbons (Fsp3) is 0.667. The molecule has 0 saturated heterocycles. The van der Waals surface area contributed by atoms with Crippen LogP contribution in [-0.2, 0) is 27.2 Å². The highest BCUT2D eigenvalue weighted by Crippen LogP contribution is 2.72. The van der Waals surface area contributed by atoms with E-state index in [1.54, 1.807) is 0 Å². The lowest BCUT2D eigenvalue weighted by Gasteiger charge is -2.33. The molecule has 42 heavy (non-hydrogen) atoms. The van der Waals surface area contributed by atoms with Crippen molar-refractivity contribution in [1.29, 1.82) is 0 Å². The van der Waals surface area contributed by atoms with Crippen LogP contribution in [0.1, 0.15) is 97.6 Å². The molecular weight excluding hydrogens is 516 g/mol. The van der Waals surface area contributed by atoms with Gasteiger partial charge in [-0.25, -0.2) is 0 Å². The van der Waals surface area contributed by atoms with Gasteiger partial charge in [-0.2, -0.15) is 0 Å². The third-order valence-corrected chi connectivity index (χ3v) is 12.1. The van der Waals surface area contributed by atoms with Gasteiger partial charge in [0, 0.05) is 30.6 Å². The molecule has 4 aliphatic rings. The van der Waals surface area contributed by atoms with E-state index in [0.29, 0.717) is 60.2 Å². The first-order valence-corrected chi connectivity index (χ1v) is 16.8. The minimum absolute atomic E-state index is 0.0709. The molecule has 1 aromatic rings. The van der Waals surface area contributed by atoms with Gasteiger partial charge >= 0.3 is 0 Å². The zero-order chi connectivity index (χ0) is 30.5. The van der Waals surface area contributed by atoms with E-state index in [2.05, 4.69) is 72.0 Å². The maximum atomic E-state index is 14.8. The second-order valence-corrected chi connectivity index (χ2v) is 15.8. The minimum Gasteiger partial charge on any atom is -0.300 e. The first kappa shape index (κ1) is 31.1. The van der Waals surface area contributed by atoms with E-state index in [9.17, 15) is 14.4 Å². The molecule has 3 saturated carbocycles. The SMILES string of the molecule is C=C(C)C(=O)C(CC(=C)C1C(C(=O)C(CC(=O)C[C@H](C)C(C)C)C2Cc3ccccc3C2)CC2C1C2(C)C)CC1CC1. The summed E-state index contributed by atoms with van der Waals surface area (Å²) in [4.78, 5) is 41.5. The molecule has 0 heterocycles. The van der Waals surface area contributed by atoms with Crippen LogP contribution in [0.5, 0.6) is 0 Å². The highest BCUT2D eigenvalue weighted by Gasteiger charge is 2.68. The lowest BCUT2D eigenvalue weighted by atomic mass is 9.69. The number of Topliss-reactive ketones (excluding diaryl/α,β-unsaturated/α-hetero) is 3. The molecule has 7 atom stereocenters. The predicted molar refractivity (Wildman–Crippen MR) is 171 cm³/mol. The lowest BCUT2D eigenvalue weighted by molar-refractivity contribution is -0.134. The highest BCUT2D eigenvalue weighted by molar-refractivity contribution is 5.96. The van der Waals surface area contributed by atoms with Crippen molar-refractivity contribution >= 4 is 17.3 Å². The molecule has 0 aromatic heterocycles. The number of hydrogen-bond acceptors (Lipinski definition) is 3. The molecule has 0 radical (unpaired) electrons. The Morgan fingerprint density at radius 3 is 2.12 bits per heavy atom. The van der Waals surface area contributed by atoms with Crippen LogP contribution in [0.3, 0.4) is 0 Å². The smallest absolute Gasteiger partial charge is 0.161 e. The van der Waals surface area contributed by atoms with Crippen molar-refractivity contribution in [2.75, 3.05) is 0 Å². The summed E-state index contributed by atoms with van der Waals surface area (Å²) >= 11 is 0. The maximum absolute atomic E-state index is 14.8. The molecule has 0 bridgehead atoms. The molecule has 228 valence electrons. The topological polar surface area (TPSA) is 51.2 Å². The van der Waals surface area contributed by atoms with E-state index in [0.717, 1.165) is 31.3 Å². The Kier molecular flexibility index (Phi) is 8.90. The molecule has 0 amide bonds. The quantitative estimate of drug-likeness (QED) is 0.157. The van der Waals surface area contributed by atoms with Crippen LogP contribution >= 0.6 is 0 Å². The number of ketones is 3. The van der Waals surface area contributed by atoms with Gasteiger partial charge in [-0.05, 0) is 103 Å². The van der Waals surface area contributed by atoms with Crippen molar-refractivity contribution in [3.05, 3.63) is 59.7 Å². The van der Waals surface area contributed by atoms with Gasteiger partial charge in [0.25, 0.3) is 0 Å². The molecule has 5 rings (SSSR count). The van der Waals surface area contributed by atoms with E-state index in [4.69, 9.17) is 0 Å². The van der Waals surface area contributed by atoms with Crippen LogP contribution in [0.25, 0.3) is 0 Å². The first-order chi connectivity index (χ1) is 19.8. The Labute approximate surface area is 255 Å². The average molecular weight is 571 g/mol. The average Bonchev–Trinajstić information content (AvgIpc) is 3.68. The van der Waals surface area contributed by atoms with Crippen molar-refractivity contribution < 1.29 is 14.4 Å². The molecule has 0 spiro atoms. The molecule has 3 heteroatoms. The number of carbonyl (C=O) groups excluding carboxylic acids is 3. The van der Waals surface area contributed by atoms with Crippen molar-refractivity contribution in [2.24, 2.45) is 64.6 Å². The summed E-state index contributed by atoms with van der Waals surface area (Å²) in [6.45, 7) is 21.6. The normalized spacial score (nSPS) is 28.1. The maximum Gasteiger partial charge on any atom is 0.161 e. The van der Waals surface area contributed by atoms with E-state index < -0.39 is 0 Å². The Balaban J connectivity index is 1.39. The zero-order valence-electron chi connectivity index (χ0n) is 27.1. The summed E-state index contributed by atoms with van der Waals surface area (Å²) in [6.07, 6.45) is 7.58. The van der Waals surface area contributed by atoms with Gasteiger partial charge in [0.2, 0.25) is 0 Å². The third kappa shape index (κ3) is 6.31. The number of rotatable bonds is 15. The summed E-state index contributed by atoms with van der Waals surface area (Å²) in [5.41, 5.74) is 4.60. The largest absolute Gasteiger partial charge is 0.300 e. The Hall–Kier alpha value is -2.29. The van der Waals surface area contributed by atoms with Gasteiger partial charge in [0.05, 0.1) is 0 Å². The fourth-order valence-corrected chi connectivity index (χ4v) is 8.87. The van der Waals surface area contributed by atoms with Crippen molar-refractivity contribution in [2.45, 2.75) is 99.3 Å². The van der Waals surface area contributed by atoms with Crippen molar-refractivity contribution in [3.63, 3.8) is 0 Å². The van der Waals surface area contributed by atoms with Crippen LogP contribution < -0.4 is 0 Å². The molecule has 6 unspecified atom stereocenters. The minimum atomic E-state index is -0.246. The molecular formula is C39H54O3. The van der Waals surface area contributed by atoms with Crippen molar-refractivity contribution in [1.82, 2.24) is 0 Å². The number of carbonyl (C=O) groups is 3. The van der Waals surface area contributed by atoms with Crippen LogP contribution in [0.2, 0.25) is 0 Å². The second-order valence-electron chi connectivity index (χ2n) is 15.8. The molecule has 0 aliphatic heterocycles. The van der Waals surface area contributed by atoms with Crippen LogP contribution in [0, 0.1) is 64.6 Å².